The summed E-state index contributed by atoms with van der Waals surface area (Å²) in [6, 6.07) is -0.539. The van der Waals surface area contributed by atoms with Gasteiger partial charge < -0.3 is 76.1 Å². The Labute approximate surface area is 468 Å². The summed E-state index contributed by atoms with van der Waals surface area (Å²) in [6.45, 7) is 30.8. The van der Waals surface area contributed by atoms with Crippen LogP contribution in [0.2, 0.25) is 39.3 Å². The smallest absolute Gasteiger partial charge is 0.308 e. The van der Waals surface area contributed by atoms with Gasteiger partial charge in [-0.3, -0.25) is 14.4 Å². The Bertz CT molecular complexity index is 1970. The first-order chi connectivity index (χ1) is 36.2. The van der Waals surface area contributed by atoms with Crippen molar-refractivity contribution in [3.8, 4) is 0 Å². The number of allylic oxidation sites excluding steroid dienone is 3. The number of ether oxygens (including phenoxy) is 10. The molecule has 0 aromatic heterocycles. The highest BCUT2D eigenvalue weighted by Crippen LogP contribution is 2.40. The molecule has 0 aliphatic carbocycles. The number of esters is 2. The molecular formula is C57H101NO18Si2. The van der Waals surface area contributed by atoms with Crippen LogP contribution in [0.15, 0.2) is 23.8 Å². The second-order valence-corrected chi connectivity index (χ2v) is 34.1. The quantitative estimate of drug-likeness (QED) is 0.0702. The van der Waals surface area contributed by atoms with E-state index in [0.717, 1.165) is 11.9 Å². The van der Waals surface area contributed by atoms with E-state index in [4.69, 9.17) is 56.2 Å². The molecule has 0 bridgehead atoms. The molecule has 21 atom stereocenters. The van der Waals surface area contributed by atoms with Gasteiger partial charge in [-0.25, -0.2) is 0 Å². The molecule has 0 amide bonds. The van der Waals surface area contributed by atoms with Crippen molar-refractivity contribution < 1.29 is 85.6 Å². The second-order valence-electron chi connectivity index (χ2n) is 25.2. The molecule has 0 saturated carbocycles. The molecule has 21 heteroatoms. The van der Waals surface area contributed by atoms with Gasteiger partial charge in [0, 0.05) is 51.2 Å². The highest BCUT2D eigenvalue weighted by atomic mass is 28.4. The number of methoxy groups -OCH3 is 2. The minimum atomic E-state index is -2.45. The molecule has 19 nitrogen and oxygen atoms in total. The van der Waals surface area contributed by atoms with Gasteiger partial charge in [0.1, 0.15) is 42.4 Å². The van der Waals surface area contributed by atoms with Crippen molar-refractivity contribution in [2.75, 3.05) is 34.9 Å². The number of hydrogen-bond donors (Lipinski definition) is 2. The standard InChI is InChI=1S/C57H101NO18Si2/c1-21-43-40(31-67-55-53(66-14)52(65-13)50(37(8)69-55)75-77(15,16)17)27-33(4)22-23-41(60)34(5)28-39(24-25-59)48(35(6)42(61)29-45(63)71-43)74-56-51(76-78(18,19)20)47(58(11)12)49(36(7)70-56)73-46-30-57(10,64)54(38(9)68-46)72-44(62)26-32(2)3/h22-23,25,27,32,34-40,42-43,46-56,61,64H,21,24,26,28-31H2,1-20H3/b23-22+,33-27+. The van der Waals surface area contributed by atoms with Crippen LogP contribution in [0.4, 0.5) is 0 Å². The minimum Gasteiger partial charge on any atom is -0.462 e. The Morgan fingerprint density at radius 2 is 1.45 bits per heavy atom. The number of carbonyl (C=O) groups is 4. The Morgan fingerprint density at radius 3 is 2.00 bits per heavy atom. The number of aldehydes is 1. The fourth-order valence-electron chi connectivity index (χ4n) is 11.3. The number of likely N-dealkylation sites (N-methyl/N-ethyl adjacent to an activating group) is 1. The summed E-state index contributed by atoms with van der Waals surface area (Å²) in [7, 11) is 2.51. The maximum Gasteiger partial charge on any atom is 0.308 e. The van der Waals surface area contributed by atoms with E-state index in [2.05, 4.69) is 19.6 Å². The van der Waals surface area contributed by atoms with E-state index >= 15 is 0 Å². The lowest BCUT2D eigenvalue weighted by Crippen LogP contribution is -2.67. The average molecular weight is 1140 g/mol. The lowest BCUT2D eigenvalue weighted by atomic mass is 9.79. The predicted octanol–water partition coefficient (Wildman–Crippen LogP) is 7.15. The van der Waals surface area contributed by atoms with E-state index in [9.17, 15) is 29.4 Å². The summed E-state index contributed by atoms with van der Waals surface area (Å²) in [5, 5.41) is 23.9. The van der Waals surface area contributed by atoms with Crippen LogP contribution in [0.3, 0.4) is 0 Å². The molecule has 0 radical (unpaired) electrons. The van der Waals surface area contributed by atoms with Gasteiger partial charge in [0.25, 0.3) is 0 Å². The Kier molecular flexibility index (Phi) is 26.0. The number of hydrogen-bond acceptors (Lipinski definition) is 19. The van der Waals surface area contributed by atoms with Crippen molar-refractivity contribution in [1.82, 2.24) is 4.90 Å². The van der Waals surface area contributed by atoms with Crippen molar-refractivity contribution in [3.63, 3.8) is 0 Å². The van der Waals surface area contributed by atoms with Crippen molar-refractivity contribution in [1.29, 1.82) is 0 Å². The maximum absolute atomic E-state index is 14.2. The first kappa shape index (κ1) is 68.2. The zero-order chi connectivity index (χ0) is 58.8. The molecule has 3 saturated heterocycles. The van der Waals surface area contributed by atoms with Gasteiger partial charge >= 0.3 is 11.9 Å². The van der Waals surface area contributed by atoms with Gasteiger partial charge in [-0.15, -0.1) is 0 Å². The summed E-state index contributed by atoms with van der Waals surface area (Å²) >= 11 is 0. The summed E-state index contributed by atoms with van der Waals surface area (Å²) in [5.41, 5.74) is -0.763. The lowest BCUT2D eigenvalue weighted by Gasteiger charge is -2.52. The van der Waals surface area contributed by atoms with Crippen LogP contribution in [-0.2, 0) is 75.4 Å². The van der Waals surface area contributed by atoms with Crippen LogP contribution in [0.5, 0.6) is 0 Å². The van der Waals surface area contributed by atoms with Gasteiger partial charge in [-0.1, -0.05) is 52.3 Å². The minimum absolute atomic E-state index is 0.00313. The molecule has 4 rings (SSSR count). The van der Waals surface area contributed by atoms with Gasteiger partial charge in [0.2, 0.25) is 0 Å². The van der Waals surface area contributed by atoms with Crippen LogP contribution in [0.25, 0.3) is 0 Å². The van der Waals surface area contributed by atoms with Crippen molar-refractivity contribution in [3.05, 3.63) is 23.8 Å². The van der Waals surface area contributed by atoms with Crippen LogP contribution >= 0.6 is 0 Å². The summed E-state index contributed by atoms with van der Waals surface area (Å²) in [6.07, 6.45) is -5.35. The number of aliphatic hydroxyl groups excluding tert-OH is 1. The first-order valence-electron chi connectivity index (χ1n) is 28.3. The van der Waals surface area contributed by atoms with Gasteiger partial charge in [0.05, 0.1) is 55.7 Å². The molecule has 78 heavy (non-hydrogen) atoms. The predicted molar refractivity (Wildman–Crippen MR) is 298 cm³/mol. The zero-order valence-corrected chi connectivity index (χ0v) is 52.8. The van der Waals surface area contributed by atoms with Crippen LogP contribution in [-0.4, -0.2) is 194 Å². The molecule has 4 heterocycles. The van der Waals surface area contributed by atoms with E-state index in [1.165, 1.54) is 6.08 Å². The number of aliphatic hydroxyl groups is 2. The average Bonchev–Trinajstić information content (AvgIpc) is 3.35. The lowest BCUT2D eigenvalue weighted by molar-refractivity contribution is -0.340. The molecule has 0 spiro atoms. The SMILES string of the molecule is CCC1OC(=O)CC(O)C(C)C(OC2OC(C)C(OC3CC(C)(O)C(OC(=O)CC(C)C)C(C)O3)C(N(C)C)C2O[Si](C)(C)C)C(CC=O)CC(C)C(=O)/C=C/C(C)=C/C1COC1OC(C)C(O[Si](C)(C)C)C(OC)C1OC. The van der Waals surface area contributed by atoms with Gasteiger partial charge in [0.15, 0.2) is 47.4 Å². The monoisotopic (exact) mass is 1140 g/mol. The maximum atomic E-state index is 14.2. The number of rotatable bonds is 20. The van der Waals surface area contributed by atoms with Gasteiger partial charge in [-0.2, -0.15) is 0 Å². The van der Waals surface area contributed by atoms with E-state index in [0.29, 0.717) is 6.42 Å². The molecule has 21 unspecified atom stereocenters. The molecule has 4 aliphatic heterocycles. The van der Waals surface area contributed by atoms with Gasteiger partial charge in [-0.05, 0) is 119 Å². The summed E-state index contributed by atoms with van der Waals surface area (Å²) < 4.78 is 77.4. The summed E-state index contributed by atoms with van der Waals surface area (Å²) in [5.74, 6) is -3.72. The molecule has 4 aliphatic rings. The first-order valence-corrected chi connectivity index (χ1v) is 35.2. The normalized spacial score (nSPS) is 40.3. The van der Waals surface area contributed by atoms with Crippen LogP contribution in [0.1, 0.15) is 108 Å². The third-order valence-corrected chi connectivity index (χ3v) is 17.1. The zero-order valence-electron chi connectivity index (χ0n) is 50.8. The number of nitrogens with zero attached hydrogens (tertiary/aromatic N) is 1. The number of carbonyl (C=O) groups excluding carboxylic acids is 4. The van der Waals surface area contributed by atoms with E-state index in [-0.39, 0.29) is 44.0 Å². The topological polar surface area (TPSA) is 223 Å². The second kappa shape index (κ2) is 29.8. The molecular weight excluding hydrogens is 1040 g/mol. The molecule has 0 aromatic carbocycles. The fraction of sp³-hybridized carbons (Fsp3) is 0.860. The van der Waals surface area contributed by atoms with E-state index in [1.54, 1.807) is 48.0 Å². The molecule has 2 N–H and O–H groups in total. The Morgan fingerprint density at radius 1 is 0.846 bits per heavy atom. The largest absolute Gasteiger partial charge is 0.462 e. The third kappa shape index (κ3) is 19.4. The number of ketones is 1. The Hall–Kier alpha value is -2.33. The Balaban J connectivity index is 1.67. The van der Waals surface area contributed by atoms with Crippen LogP contribution < -0.4 is 0 Å². The highest BCUT2D eigenvalue weighted by molar-refractivity contribution is 6.70. The van der Waals surface area contributed by atoms with Crippen molar-refractivity contribution in [2.24, 2.45) is 29.6 Å². The molecule has 0 aromatic rings. The highest BCUT2D eigenvalue weighted by Gasteiger charge is 2.54. The molecule has 450 valence electrons. The van der Waals surface area contributed by atoms with E-state index < -0.39 is 162 Å². The van der Waals surface area contributed by atoms with Crippen molar-refractivity contribution >= 4 is 40.6 Å². The third-order valence-electron chi connectivity index (χ3n) is 15.1. The summed E-state index contributed by atoms with van der Waals surface area (Å²) in [4.78, 5) is 55.6. The molecule has 3 fully saturated rings. The number of cyclic esters (lactones) is 1. The van der Waals surface area contributed by atoms with E-state index in [1.807, 2.05) is 86.3 Å². The van der Waals surface area contributed by atoms with Crippen LogP contribution in [0, 0.1) is 29.6 Å². The fourth-order valence-corrected chi connectivity index (χ4v) is 13.5. The van der Waals surface area contributed by atoms with Crippen molar-refractivity contribution in [2.45, 2.75) is 251 Å².